The molecule has 1 atom stereocenters. The van der Waals surface area contributed by atoms with Crippen LogP contribution in [0.5, 0.6) is 0 Å². The molecule has 3 aromatic rings. The molecular weight excluding hydrogens is 374 g/mol. The fourth-order valence-electron chi connectivity index (χ4n) is 4.00. The predicted octanol–water partition coefficient (Wildman–Crippen LogP) is 3.66. The molecule has 30 heavy (non-hydrogen) atoms. The van der Waals surface area contributed by atoms with Crippen molar-refractivity contribution in [3.63, 3.8) is 0 Å². The zero-order chi connectivity index (χ0) is 20.5. The number of anilines is 1. The molecule has 1 amide bonds. The Morgan fingerprint density at radius 3 is 2.87 bits per heavy atom. The first-order chi connectivity index (χ1) is 14.7. The summed E-state index contributed by atoms with van der Waals surface area (Å²) in [6.07, 6.45) is 6.47. The number of carbonyl (C=O) groups is 1. The Kier molecular flexibility index (Phi) is 5.09. The Labute approximate surface area is 176 Å². The molecule has 2 heterocycles. The van der Waals surface area contributed by atoms with Gasteiger partial charge in [0.15, 0.2) is 0 Å². The van der Waals surface area contributed by atoms with Crippen LogP contribution in [0.15, 0.2) is 42.6 Å². The molecule has 2 aliphatic rings. The molecule has 3 N–H and O–H groups in total. The summed E-state index contributed by atoms with van der Waals surface area (Å²) in [5.41, 5.74) is 4.89. The van der Waals surface area contributed by atoms with Gasteiger partial charge in [0.2, 0.25) is 5.95 Å². The summed E-state index contributed by atoms with van der Waals surface area (Å²) in [4.78, 5) is 21.6. The second-order valence-electron chi connectivity index (χ2n) is 8.42. The van der Waals surface area contributed by atoms with Crippen LogP contribution in [-0.4, -0.2) is 41.0 Å². The van der Waals surface area contributed by atoms with Crippen molar-refractivity contribution < 1.29 is 4.79 Å². The number of fused-ring (bicyclic) bond motifs is 1. The smallest absolute Gasteiger partial charge is 0.251 e. The molecule has 2 aromatic carbocycles. The van der Waals surface area contributed by atoms with Crippen LogP contribution in [0, 0.1) is 6.92 Å². The molecule has 0 spiro atoms. The van der Waals surface area contributed by atoms with Crippen molar-refractivity contribution in [3.05, 3.63) is 53.7 Å². The predicted molar refractivity (Wildman–Crippen MR) is 120 cm³/mol. The molecule has 1 aromatic heterocycles. The third-order valence-electron chi connectivity index (χ3n) is 5.97. The first-order valence-corrected chi connectivity index (χ1v) is 10.8. The largest absolute Gasteiger partial charge is 0.353 e. The molecule has 1 aliphatic carbocycles. The van der Waals surface area contributed by atoms with Crippen molar-refractivity contribution in [3.8, 4) is 11.1 Å². The standard InChI is InChI=1S/C24H27N5O/c1-15-4-5-17(23(30)28-19-7-8-19)12-21(15)16-6-9-22-18(11-16)13-26-24(29-22)27-14-20-3-2-10-25-20/h4-6,9,11-13,19-20,25H,2-3,7-8,10,14H2,1H3,(H,28,30)(H,26,27,29)/t20-/m1/s1. The van der Waals surface area contributed by atoms with Gasteiger partial charge >= 0.3 is 0 Å². The maximum absolute atomic E-state index is 12.5. The molecule has 1 saturated heterocycles. The van der Waals surface area contributed by atoms with Crippen LogP contribution >= 0.6 is 0 Å². The van der Waals surface area contributed by atoms with Gasteiger partial charge in [-0.3, -0.25) is 4.79 Å². The van der Waals surface area contributed by atoms with E-state index < -0.39 is 0 Å². The van der Waals surface area contributed by atoms with Crippen molar-refractivity contribution in [2.24, 2.45) is 0 Å². The van der Waals surface area contributed by atoms with Crippen LogP contribution in [0.25, 0.3) is 22.0 Å². The van der Waals surface area contributed by atoms with Gasteiger partial charge in [0.25, 0.3) is 5.91 Å². The lowest BCUT2D eigenvalue weighted by molar-refractivity contribution is 0.0951. The van der Waals surface area contributed by atoms with Crippen molar-refractivity contribution in [2.75, 3.05) is 18.4 Å². The van der Waals surface area contributed by atoms with E-state index in [0.29, 0.717) is 23.6 Å². The maximum atomic E-state index is 12.5. The monoisotopic (exact) mass is 401 g/mol. The zero-order valence-corrected chi connectivity index (χ0v) is 17.2. The van der Waals surface area contributed by atoms with E-state index in [1.807, 2.05) is 30.5 Å². The summed E-state index contributed by atoms with van der Waals surface area (Å²) < 4.78 is 0. The normalized spacial score (nSPS) is 18.5. The van der Waals surface area contributed by atoms with Crippen LogP contribution in [-0.2, 0) is 0 Å². The lowest BCUT2D eigenvalue weighted by Gasteiger charge is -2.12. The highest BCUT2D eigenvalue weighted by atomic mass is 16.1. The van der Waals surface area contributed by atoms with Gasteiger partial charge in [-0.15, -0.1) is 0 Å². The molecule has 1 aliphatic heterocycles. The minimum Gasteiger partial charge on any atom is -0.353 e. The molecular formula is C24H27N5O. The highest BCUT2D eigenvalue weighted by Gasteiger charge is 2.24. The van der Waals surface area contributed by atoms with E-state index in [4.69, 9.17) is 0 Å². The fourth-order valence-corrected chi connectivity index (χ4v) is 4.00. The van der Waals surface area contributed by atoms with Gasteiger partial charge in [-0.2, -0.15) is 0 Å². The summed E-state index contributed by atoms with van der Waals surface area (Å²) in [7, 11) is 0. The van der Waals surface area contributed by atoms with E-state index in [0.717, 1.165) is 53.5 Å². The molecule has 6 nitrogen and oxygen atoms in total. The Morgan fingerprint density at radius 1 is 1.17 bits per heavy atom. The van der Waals surface area contributed by atoms with Crippen LogP contribution < -0.4 is 16.0 Å². The molecule has 0 bridgehead atoms. The average Bonchev–Trinajstić information content (AvgIpc) is 3.42. The van der Waals surface area contributed by atoms with Gasteiger partial charge in [-0.05, 0) is 80.1 Å². The first kappa shape index (κ1) is 19.0. The lowest BCUT2D eigenvalue weighted by atomic mass is 9.97. The molecule has 0 unspecified atom stereocenters. The molecule has 6 heteroatoms. The van der Waals surface area contributed by atoms with E-state index in [9.17, 15) is 4.79 Å². The van der Waals surface area contributed by atoms with E-state index >= 15 is 0 Å². The third kappa shape index (κ3) is 4.14. The summed E-state index contributed by atoms with van der Waals surface area (Å²) in [6.45, 7) is 4.01. The topological polar surface area (TPSA) is 78.9 Å². The van der Waals surface area contributed by atoms with Crippen LogP contribution in [0.3, 0.4) is 0 Å². The number of aromatic nitrogens is 2. The Morgan fingerprint density at radius 2 is 2.07 bits per heavy atom. The van der Waals surface area contributed by atoms with Crippen LogP contribution in [0.4, 0.5) is 5.95 Å². The van der Waals surface area contributed by atoms with E-state index in [1.54, 1.807) is 0 Å². The molecule has 1 saturated carbocycles. The number of benzene rings is 2. The highest BCUT2D eigenvalue weighted by molar-refractivity contribution is 5.96. The first-order valence-electron chi connectivity index (χ1n) is 10.8. The number of carbonyl (C=O) groups excluding carboxylic acids is 1. The minimum absolute atomic E-state index is 0.00958. The number of hydrogen-bond donors (Lipinski definition) is 3. The Hall–Kier alpha value is -2.99. The summed E-state index contributed by atoms with van der Waals surface area (Å²) in [5, 5.41) is 10.9. The Bertz CT molecular complexity index is 1090. The molecule has 5 rings (SSSR count). The number of aryl methyl sites for hydroxylation is 1. The summed E-state index contributed by atoms with van der Waals surface area (Å²) in [5.74, 6) is 0.675. The van der Waals surface area contributed by atoms with Gasteiger partial charge < -0.3 is 16.0 Å². The van der Waals surface area contributed by atoms with E-state index in [2.05, 4.69) is 45.0 Å². The van der Waals surface area contributed by atoms with Gasteiger partial charge in [0.05, 0.1) is 5.52 Å². The fraction of sp³-hybridized carbons (Fsp3) is 0.375. The number of amides is 1. The number of hydrogen-bond acceptors (Lipinski definition) is 5. The van der Waals surface area contributed by atoms with Crippen molar-refractivity contribution in [2.45, 2.75) is 44.7 Å². The van der Waals surface area contributed by atoms with Crippen LogP contribution in [0.2, 0.25) is 0 Å². The van der Waals surface area contributed by atoms with Gasteiger partial charge in [-0.1, -0.05) is 12.1 Å². The van der Waals surface area contributed by atoms with Crippen LogP contribution in [0.1, 0.15) is 41.6 Å². The van der Waals surface area contributed by atoms with Crippen molar-refractivity contribution in [1.82, 2.24) is 20.6 Å². The molecule has 0 radical (unpaired) electrons. The minimum atomic E-state index is 0.00958. The van der Waals surface area contributed by atoms with E-state index in [-0.39, 0.29) is 5.91 Å². The second kappa shape index (κ2) is 8.03. The van der Waals surface area contributed by atoms with E-state index in [1.165, 1.54) is 12.8 Å². The molecule has 2 fully saturated rings. The number of nitrogens with zero attached hydrogens (tertiary/aromatic N) is 2. The number of nitrogens with one attached hydrogen (secondary N) is 3. The SMILES string of the molecule is Cc1ccc(C(=O)NC2CC2)cc1-c1ccc2nc(NC[C@H]3CCCN3)ncc2c1. The highest BCUT2D eigenvalue weighted by Crippen LogP contribution is 2.28. The third-order valence-corrected chi connectivity index (χ3v) is 5.97. The maximum Gasteiger partial charge on any atom is 0.251 e. The van der Waals surface area contributed by atoms with Crippen molar-refractivity contribution in [1.29, 1.82) is 0 Å². The van der Waals surface area contributed by atoms with Gasteiger partial charge in [-0.25, -0.2) is 9.97 Å². The average molecular weight is 402 g/mol. The van der Waals surface area contributed by atoms with Gasteiger partial charge in [0.1, 0.15) is 0 Å². The second-order valence-corrected chi connectivity index (χ2v) is 8.42. The summed E-state index contributed by atoms with van der Waals surface area (Å²) in [6, 6.07) is 13.0. The van der Waals surface area contributed by atoms with Crippen molar-refractivity contribution >= 4 is 22.8 Å². The lowest BCUT2D eigenvalue weighted by Crippen LogP contribution is -2.29. The van der Waals surface area contributed by atoms with Gasteiger partial charge in [0, 0.05) is 35.8 Å². The Balaban J connectivity index is 1.37. The number of rotatable bonds is 6. The molecule has 154 valence electrons. The quantitative estimate of drug-likeness (QED) is 0.587. The summed E-state index contributed by atoms with van der Waals surface area (Å²) >= 11 is 0. The zero-order valence-electron chi connectivity index (χ0n) is 17.2.